The van der Waals surface area contributed by atoms with E-state index in [9.17, 15) is 0 Å². The van der Waals surface area contributed by atoms with Crippen molar-refractivity contribution in [2.24, 2.45) is 5.92 Å². The van der Waals surface area contributed by atoms with Gasteiger partial charge in [0.1, 0.15) is 5.75 Å². The van der Waals surface area contributed by atoms with Gasteiger partial charge in [-0.15, -0.1) is 0 Å². The SMILES string of the molecule is Cc1cc(OCC2CC2)ccc1Br. The highest BCUT2D eigenvalue weighted by Gasteiger charge is 2.21. The largest absolute Gasteiger partial charge is 0.493 e. The molecule has 0 saturated heterocycles. The van der Waals surface area contributed by atoms with E-state index in [0.717, 1.165) is 22.7 Å². The zero-order chi connectivity index (χ0) is 9.26. The molecule has 1 fully saturated rings. The first-order valence-corrected chi connectivity index (χ1v) is 5.44. The highest BCUT2D eigenvalue weighted by Crippen LogP contribution is 2.30. The van der Waals surface area contributed by atoms with Crippen LogP contribution < -0.4 is 4.74 Å². The van der Waals surface area contributed by atoms with Crippen molar-refractivity contribution in [1.29, 1.82) is 0 Å². The minimum atomic E-state index is 0.823. The van der Waals surface area contributed by atoms with Crippen LogP contribution in [-0.2, 0) is 0 Å². The van der Waals surface area contributed by atoms with E-state index in [2.05, 4.69) is 28.9 Å². The Balaban J connectivity index is 1.98. The summed E-state index contributed by atoms with van der Waals surface area (Å²) in [5, 5.41) is 0. The lowest BCUT2D eigenvalue weighted by Gasteiger charge is -2.06. The average molecular weight is 241 g/mol. The molecule has 0 radical (unpaired) electrons. The fourth-order valence-electron chi connectivity index (χ4n) is 1.21. The number of rotatable bonds is 3. The number of halogens is 1. The van der Waals surface area contributed by atoms with Crippen molar-refractivity contribution >= 4 is 15.9 Å². The molecule has 0 aliphatic heterocycles. The van der Waals surface area contributed by atoms with Crippen LogP contribution in [-0.4, -0.2) is 6.61 Å². The lowest BCUT2D eigenvalue weighted by Crippen LogP contribution is -1.98. The molecule has 1 nitrogen and oxygen atoms in total. The van der Waals surface area contributed by atoms with Crippen LogP contribution in [0.1, 0.15) is 18.4 Å². The summed E-state index contributed by atoms with van der Waals surface area (Å²) >= 11 is 3.47. The zero-order valence-electron chi connectivity index (χ0n) is 7.72. The maximum absolute atomic E-state index is 5.64. The number of aryl methyl sites for hydroxylation is 1. The van der Waals surface area contributed by atoms with Crippen molar-refractivity contribution in [3.63, 3.8) is 0 Å². The first-order chi connectivity index (χ1) is 6.25. The van der Waals surface area contributed by atoms with Crippen LogP contribution in [0.5, 0.6) is 5.75 Å². The van der Waals surface area contributed by atoms with Gasteiger partial charge in [-0.25, -0.2) is 0 Å². The molecule has 1 aromatic carbocycles. The minimum Gasteiger partial charge on any atom is -0.493 e. The molecule has 2 heteroatoms. The Labute approximate surface area is 87.2 Å². The highest BCUT2D eigenvalue weighted by atomic mass is 79.9. The second kappa shape index (κ2) is 3.70. The number of hydrogen-bond donors (Lipinski definition) is 0. The van der Waals surface area contributed by atoms with Gasteiger partial charge < -0.3 is 4.74 Å². The lowest BCUT2D eigenvalue weighted by molar-refractivity contribution is 0.299. The molecule has 0 atom stereocenters. The molecule has 0 N–H and O–H groups in total. The van der Waals surface area contributed by atoms with E-state index >= 15 is 0 Å². The Bertz CT molecular complexity index is 305. The van der Waals surface area contributed by atoms with E-state index in [1.165, 1.54) is 18.4 Å². The molecule has 1 aliphatic rings. The maximum Gasteiger partial charge on any atom is 0.119 e. The van der Waals surface area contributed by atoms with Gasteiger partial charge in [-0.2, -0.15) is 0 Å². The first-order valence-electron chi connectivity index (χ1n) is 4.64. The summed E-state index contributed by atoms with van der Waals surface area (Å²) in [6, 6.07) is 6.13. The second-order valence-corrected chi connectivity index (χ2v) is 4.52. The van der Waals surface area contributed by atoms with E-state index in [1.54, 1.807) is 0 Å². The summed E-state index contributed by atoms with van der Waals surface area (Å²) in [5.74, 6) is 1.82. The normalized spacial score (nSPS) is 15.8. The molecule has 0 unspecified atom stereocenters. The van der Waals surface area contributed by atoms with Crippen molar-refractivity contribution in [3.05, 3.63) is 28.2 Å². The average Bonchev–Trinajstić information content (AvgIpc) is 2.91. The molecule has 0 spiro atoms. The van der Waals surface area contributed by atoms with Gasteiger partial charge in [0.2, 0.25) is 0 Å². The van der Waals surface area contributed by atoms with Crippen LogP contribution in [0.25, 0.3) is 0 Å². The predicted octanol–water partition coefficient (Wildman–Crippen LogP) is 3.55. The maximum atomic E-state index is 5.64. The van der Waals surface area contributed by atoms with E-state index < -0.39 is 0 Å². The van der Waals surface area contributed by atoms with Gasteiger partial charge in [-0.1, -0.05) is 15.9 Å². The molecule has 70 valence electrons. The third-order valence-electron chi connectivity index (χ3n) is 2.31. The fraction of sp³-hybridized carbons (Fsp3) is 0.455. The summed E-state index contributed by atoms with van der Waals surface area (Å²) in [6.07, 6.45) is 2.69. The monoisotopic (exact) mass is 240 g/mol. The van der Waals surface area contributed by atoms with Crippen molar-refractivity contribution in [2.75, 3.05) is 6.61 Å². The van der Waals surface area contributed by atoms with E-state index in [-0.39, 0.29) is 0 Å². The molecule has 1 aromatic rings. The zero-order valence-corrected chi connectivity index (χ0v) is 9.30. The summed E-state index contributed by atoms with van der Waals surface area (Å²) < 4.78 is 6.79. The first kappa shape index (κ1) is 9.07. The van der Waals surface area contributed by atoms with Crippen LogP contribution in [0.2, 0.25) is 0 Å². The number of benzene rings is 1. The Morgan fingerprint density at radius 1 is 1.46 bits per heavy atom. The van der Waals surface area contributed by atoms with Crippen LogP contribution in [0, 0.1) is 12.8 Å². The van der Waals surface area contributed by atoms with Crippen molar-refractivity contribution < 1.29 is 4.74 Å². The predicted molar refractivity (Wildman–Crippen MR) is 57.1 cm³/mol. The van der Waals surface area contributed by atoms with E-state index in [1.807, 2.05) is 12.1 Å². The van der Waals surface area contributed by atoms with Gasteiger partial charge in [0.15, 0.2) is 0 Å². The van der Waals surface area contributed by atoms with Crippen LogP contribution in [0.15, 0.2) is 22.7 Å². The smallest absolute Gasteiger partial charge is 0.119 e. The van der Waals surface area contributed by atoms with Crippen LogP contribution >= 0.6 is 15.9 Å². The van der Waals surface area contributed by atoms with Gasteiger partial charge in [0.05, 0.1) is 6.61 Å². The van der Waals surface area contributed by atoms with E-state index in [0.29, 0.717) is 0 Å². The topological polar surface area (TPSA) is 9.23 Å². The second-order valence-electron chi connectivity index (χ2n) is 3.67. The summed E-state index contributed by atoms with van der Waals surface area (Å²) in [7, 11) is 0. The minimum absolute atomic E-state index is 0.823. The molecular weight excluding hydrogens is 228 g/mol. The van der Waals surface area contributed by atoms with Gasteiger partial charge in [-0.3, -0.25) is 0 Å². The van der Waals surface area contributed by atoms with E-state index in [4.69, 9.17) is 4.74 Å². The summed E-state index contributed by atoms with van der Waals surface area (Å²) in [4.78, 5) is 0. The van der Waals surface area contributed by atoms with Gasteiger partial charge in [0, 0.05) is 4.47 Å². The Morgan fingerprint density at radius 2 is 2.23 bits per heavy atom. The third kappa shape index (κ3) is 2.47. The molecule has 2 rings (SSSR count). The van der Waals surface area contributed by atoms with Crippen molar-refractivity contribution in [2.45, 2.75) is 19.8 Å². The molecule has 13 heavy (non-hydrogen) atoms. The summed E-state index contributed by atoms with van der Waals surface area (Å²) in [6.45, 7) is 2.97. The Kier molecular flexibility index (Phi) is 2.58. The molecule has 0 heterocycles. The lowest BCUT2D eigenvalue weighted by atomic mass is 10.2. The van der Waals surface area contributed by atoms with Gasteiger partial charge >= 0.3 is 0 Å². The Hall–Kier alpha value is -0.500. The third-order valence-corrected chi connectivity index (χ3v) is 3.20. The van der Waals surface area contributed by atoms with Crippen LogP contribution in [0.4, 0.5) is 0 Å². The number of hydrogen-bond acceptors (Lipinski definition) is 1. The standard InChI is InChI=1S/C11H13BrO/c1-8-6-10(4-5-11(8)12)13-7-9-2-3-9/h4-6,9H,2-3,7H2,1H3. The molecule has 0 bridgehead atoms. The van der Waals surface area contributed by atoms with Crippen molar-refractivity contribution in [3.8, 4) is 5.75 Å². The highest BCUT2D eigenvalue weighted by molar-refractivity contribution is 9.10. The van der Waals surface area contributed by atoms with Crippen molar-refractivity contribution in [1.82, 2.24) is 0 Å². The summed E-state index contributed by atoms with van der Waals surface area (Å²) in [5.41, 5.74) is 1.23. The quantitative estimate of drug-likeness (QED) is 0.786. The molecule has 0 amide bonds. The molecule has 0 aromatic heterocycles. The van der Waals surface area contributed by atoms with Gasteiger partial charge in [0.25, 0.3) is 0 Å². The van der Waals surface area contributed by atoms with Crippen LogP contribution in [0.3, 0.4) is 0 Å². The van der Waals surface area contributed by atoms with Gasteiger partial charge in [-0.05, 0) is 49.4 Å². The number of ether oxygens (including phenoxy) is 1. The molecular formula is C11H13BrO. The Morgan fingerprint density at radius 3 is 2.85 bits per heavy atom. The molecule has 1 saturated carbocycles. The molecule has 1 aliphatic carbocycles. The fourth-order valence-corrected chi connectivity index (χ4v) is 1.45.